The van der Waals surface area contributed by atoms with Crippen LogP contribution >= 0.6 is 0 Å². The maximum Gasteiger partial charge on any atom is 0.224 e. The van der Waals surface area contributed by atoms with Crippen molar-refractivity contribution < 1.29 is 9.90 Å². The second-order valence-corrected chi connectivity index (χ2v) is 7.18. The zero-order valence-electron chi connectivity index (χ0n) is 15.7. The van der Waals surface area contributed by atoms with Gasteiger partial charge in [0.05, 0.1) is 0 Å². The molecule has 1 atom stereocenters. The summed E-state index contributed by atoms with van der Waals surface area (Å²) in [6.45, 7) is 7.23. The molecule has 1 aliphatic heterocycles. The smallest absolute Gasteiger partial charge is 0.224 e. The third-order valence-corrected chi connectivity index (χ3v) is 5.21. The third-order valence-electron chi connectivity index (χ3n) is 5.21. The number of phenolic OH excluding ortho intramolecular Hbond substituents is 1. The number of phenols is 1. The Morgan fingerprint density at radius 3 is 2.54 bits per heavy atom. The molecule has 1 heterocycles. The lowest BCUT2D eigenvalue weighted by Gasteiger charge is -2.31. The number of amides is 1. The summed E-state index contributed by atoms with van der Waals surface area (Å²) in [5, 5.41) is 9.72. The van der Waals surface area contributed by atoms with E-state index in [1.807, 2.05) is 37.3 Å². The second kappa shape index (κ2) is 8.37. The number of carbonyl (C=O) groups excluding carboxylic acids is 1. The predicted octanol–water partition coefficient (Wildman–Crippen LogP) is 3.71. The van der Waals surface area contributed by atoms with Crippen molar-refractivity contribution in [3.05, 3.63) is 65.2 Å². The molecule has 0 spiro atoms. The lowest BCUT2D eigenvalue weighted by atomic mass is 10.1. The van der Waals surface area contributed by atoms with Gasteiger partial charge in [0, 0.05) is 38.6 Å². The Morgan fingerprint density at radius 1 is 1.08 bits per heavy atom. The minimum Gasteiger partial charge on any atom is -0.508 e. The van der Waals surface area contributed by atoms with Crippen LogP contribution < -0.4 is 0 Å². The second-order valence-electron chi connectivity index (χ2n) is 7.18. The predicted molar refractivity (Wildman–Crippen MR) is 104 cm³/mol. The van der Waals surface area contributed by atoms with Gasteiger partial charge in [-0.2, -0.15) is 0 Å². The molecule has 1 N–H and O–H groups in total. The zero-order chi connectivity index (χ0) is 18.5. The SMILES string of the molecule is CCC1CN(Cc2ccc(O)c(C)c2)CCC(=O)N1Cc1ccccc1. The van der Waals surface area contributed by atoms with Crippen molar-refractivity contribution >= 4 is 5.91 Å². The van der Waals surface area contributed by atoms with Crippen molar-refractivity contribution in [1.82, 2.24) is 9.80 Å². The van der Waals surface area contributed by atoms with Crippen molar-refractivity contribution in [1.29, 1.82) is 0 Å². The minimum absolute atomic E-state index is 0.225. The van der Waals surface area contributed by atoms with Gasteiger partial charge in [0.25, 0.3) is 0 Å². The summed E-state index contributed by atoms with van der Waals surface area (Å²) in [5.41, 5.74) is 3.26. The fourth-order valence-corrected chi connectivity index (χ4v) is 3.65. The zero-order valence-corrected chi connectivity index (χ0v) is 15.7. The van der Waals surface area contributed by atoms with Crippen LogP contribution in [0.2, 0.25) is 0 Å². The first kappa shape index (κ1) is 18.5. The number of hydrogen-bond donors (Lipinski definition) is 1. The van der Waals surface area contributed by atoms with Crippen LogP contribution in [0.5, 0.6) is 5.75 Å². The Morgan fingerprint density at radius 2 is 1.85 bits per heavy atom. The molecule has 138 valence electrons. The van der Waals surface area contributed by atoms with E-state index in [-0.39, 0.29) is 11.9 Å². The van der Waals surface area contributed by atoms with Crippen molar-refractivity contribution in [3.63, 3.8) is 0 Å². The number of carbonyl (C=O) groups is 1. The van der Waals surface area contributed by atoms with Gasteiger partial charge in [-0.1, -0.05) is 49.4 Å². The van der Waals surface area contributed by atoms with E-state index in [1.54, 1.807) is 6.07 Å². The molecule has 4 heteroatoms. The first-order valence-corrected chi connectivity index (χ1v) is 9.41. The molecule has 0 bridgehead atoms. The normalized spacial score (nSPS) is 18.8. The van der Waals surface area contributed by atoms with Gasteiger partial charge in [-0.15, -0.1) is 0 Å². The maximum atomic E-state index is 12.8. The minimum atomic E-state index is 0.225. The summed E-state index contributed by atoms with van der Waals surface area (Å²) < 4.78 is 0. The van der Waals surface area contributed by atoms with Gasteiger partial charge >= 0.3 is 0 Å². The quantitative estimate of drug-likeness (QED) is 0.892. The Hall–Kier alpha value is -2.33. The molecule has 0 radical (unpaired) electrons. The molecule has 0 aromatic heterocycles. The van der Waals surface area contributed by atoms with Crippen LogP contribution in [0.3, 0.4) is 0 Å². The van der Waals surface area contributed by atoms with Crippen molar-refractivity contribution in [2.45, 2.75) is 45.8 Å². The van der Waals surface area contributed by atoms with Crippen molar-refractivity contribution in [3.8, 4) is 5.75 Å². The van der Waals surface area contributed by atoms with Gasteiger partial charge in [-0.05, 0) is 36.1 Å². The molecule has 1 amide bonds. The molecule has 26 heavy (non-hydrogen) atoms. The first-order valence-electron chi connectivity index (χ1n) is 9.41. The number of hydrogen-bond acceptors (Lipinski definition) is 3. The molecule has 1 saturated heterocycles. The van der Waals surface area contributed by atoms with Crippen LogP contribution in [0.4, 0.5) is 0 Å². The highest BCUT2D eigenvalue weighted by Crippen LogP contribution is 2.21. The Kier molecular flexibility index (Phi) is 5.94. The number of rotatable bonds is 5. The van der Waals surface area contributed by atoms with Gasteiger partial charge < -0.3 is 10.0 Å². The highest BCUT2D eigenvalue weighted by atomic mass is 16.3. The monoisotopic (exact) mass is 352 g/mol. The molecule has 2 aromatic rings. The van der Waals surface area contributed by atoms with E-state index < -0.39 is 0 Å². The molecule has 1 fully saturated rings. The fraction of sp³-hybridized carbons (Fsp3) is 0.409. The van der Waals surface area contributed by atoms with E-state index >= 15 is 0 Å². The third kappa shape index (κ3) is 4.44. The molecule has 4 nitrogen and oxygen atoms in total. The number of aromatic hydroxyl groups is 1. The number of aryl methyl sites for hydroxylation is 1. The Bertz CT molecular complexity index is 745. The largest absolute Gasteiger partial charge is 0.508 e. The van der Waals surface area contributed by atoms with E-state index in [1.165, 1.54) is 11.1 Å². The average molecular weight is 352 g/mol. The van der Waals surface area contributed by atoms with Crippen LogP contribution in [0.15, 0.2) is 48.5 Å². The molecule has 0 saturated carbocycles. The van der Waals surface area contributed by atoms with Crippen LogP contribution in [-0.2, 0) is 17.9 Å². The van der Waals surface area contributed by atoms with Crippen LogP contribution in [0.25, 0.3) is 0 Å². The van der Waals surface area contributed by atoms with E-state index in [2.05, 4.69) is 28.9 Å². The van der Waals surface area contributed by atoms with Crippen LogP contribution in [0.1, 0.15) is 36.5 Å². The molecule has 1 aliphatic rings. The van der Waals surface area contributed by atoms with Gasteiger partial charge in [0.1, 0.15) is 5.75 Å². The molecular weight excluding hydrogens is 324 g/mol. The summed E-state index contributed by atoms with van der Waals surface area (Å²) in [4.78, 5) is 17.2. The lowest BCUT2D eigenvalue weighted by molar-refractivity contribution is -0.133. The summed E-state index contributed by atoms with van der Waals surface area (Å²) in [6, 6.07) is 16.2. The van der Waals surface area contributed by atoms with Crippen molar-refractivity contribution in [2.75, 3.05) is 13.1 Å². The van der Waals surface area contributed by atoms with Crippen LogP contribution in [0, 0.1) is 6.92 Å². The van der Waals surface area contributed by atoms with Gasteiger partial charge in [0.15, 0.2) is 0 Å². The summed E-state index contributed by atoms with van der Waals surface area (Å²) >= 11 is 0. The molecule has 1 unspecified atom stereocenters. The Balaban J connectivity index is 1.72. The molecule has 0 aliphatic carbocycles. The number of nitrogens with zero attached hydrogens (tertiary/aromatic N) is 2. The fourth-order valence-electron chi connectivity index (χ4n) is 3.65. The first-order chi connectivity index (χ1) is 12.6. The van der Waals surface area contributed by atoms with Gasteiger partial charge in [-0.3, -0.25) is 9.69 Å². The van der Waals surface area contributed by atoms with Gasteiger partial charge in [0.2, 0.25) is 5.91 Å². The summed E-state index contributed by atoms with van der Waals surface area (Å²) in [6.07, 6.45) is 1.50. The van der Waals surface area contributed by atoms with Gasteiger partial charge in [-0.25, -0.2) is 0 Å². The summed E-state index contributed by atoms with van der Waals surface area (Å²) in [5.74, 6) is 0.574. The number of benzene rings is 2. The van der Waals surface area contributed by atoms with Crippen molar-refractivity contribution in [2.24, 2.45) is 0 Å². The van der Waals surface area contributed by atoms with Crippen LogP contribution in [-0.4, -0.2) is 39.9 Å². The average Bonchev–Trinajstić information content (AvgIpc) is 2.79. The van der Waals surface area contributed by atoms with E-state index in [0.29, 0.717) is 18.7 Å². The topological polar surface area (TPSA) is 43.8 Å². The highest BCUT2D eigenvalue weighted by molar-refractivity contribution is 5.77. The molecule has 2 aromatic carbocycles. The standard InChI is InChI=1S/C22H28N2O2/c1-3-20-16-23(14-19-9-10-21(25)17(2)13-19)12-11-22(26)24(20)15-18-7-5-4-6-8-18/h4-10,13,20,25H,3,11-12,14-16H2,1-2H3. The Labute approximate surface area is 156 Å². The lowest BCUT2D eigenvalue weighted by Crippen LogP contribution is -2.42. The van der Waals surface area contributed by atoms with E-state index in [9.17, 15) is 9.90 Å². The molecular formula is C22H28N2O2. The highest BCUT2D eigenvalue weighted by Gasteiger charge is 2.28. The maximum absolute atomic E-state index is 12.8. The molecule has 3 rings (SSSR count). The van der Waals surface area contributed by atoms with E-state index in [4.69, 9.17) is 0 Å². The van der Waals surface area contributed by atoms with E-state index in [0.717, 1.165) is 31.6 Å². The summed E-state index contributed by atoms with van der Waals surface area (Å²) in [7, 11) is 0.